The van der Waals surface area contributed by atoms with E-state index < -0.39 is 5.95 Å². The van der Waals surface area contributed by atoms with E-state index in [1.165, 1.54) is 12.3 Å². The normalized spacial score (nSPS) is 9.93. The van der Waals surface area contributed by atoms with Crippen molar-refractivity contribution in [2.75, 3.05) is 0 Å². The molecular weight excluding hydrogens is 193 g/mol. The maximum atomic E-state index is 12.6. The van der Waals surface area contributed by atoms with Crippen LogP contribution >= 0.6 is 0 Å². The van der Waals surface area contributed by atoms with Crippen LogP contribution in [0.15, 0.2) is 42.6 Å². The Labute approximate surface area is 86.4 Å². The van der Waals surface area contributed by atoms with Gasteiger partial charge in [0, 0.05) is 17.3 Å². The molecule has 0 amide bonds. The van der Waals surface area contributed by atoms with Crippen LogP contribution in [0.5, 0.6) is 0 Å². The number of aldehydes is 1. The number of carbonyl (C=O) groups is 1. The molecule has 0 aliphatic carbocycles. The molecule has 2 rings (SSSR count). The summed E-state index contributed by atoms with van der Waals surface area (Å²) in [5.74, 6) is -0.497. The first-order valence-corrected chi connectivity index (χ1v) is 4.47. The van der Waals surface area contributed by atoms with Gasteiger partial charge >= 0.3 is 0 Å². The van der Waals surface area contributed by atoms with Crippen molar-refractivity contribution >= 4 is 6.29 Å². The summed E-state index contributed by atoms with van der Waals surface area (Å²) in [6.45, 7) is 0. The maximum Gasteiger partial charge on any atom is 0.212 e. The van der Waals surface area contributed by atoms with E-state index in [0.717, 1.165) is 17.4 Å². The number of hydrogen-bond donors (Lipinski definition) is 0. The van der Waals surface area contributed by atoms with Gasteiger partial charge in [0.15, 0.2) is 0 Å². The molecule has 0 radical (unpaired) electrons. The van der Waals surface area contributed by atoms with Crippen LogP contribution in [0.2, 0.25) is 0 Å². The van der Waals surface area contributed by atoms with Gasteiger partial charge in [0.2, 0.25) is 5.95 Å². The number of rotatable bonds is 2. The molecule has 0 spiro atoms. The van der Waals surface area contributed by atoms with E-state index in [2.05, 4.69) is 4.98 Å². The minimum atomic E-state index is -0.497. The second-order valence-electron chi connectivity index (χ2n) is 3.11. The third kappa shape index (κ3) is 2.07. The molecule has 1 aromatic heterocycles. The summed E-state index contributed by atoms with van der Waals surface area (Å²) in [7, 11) is 0. The molecule has 2 nitrogen and oxygen atoms in total. The maximum absolute atomic E-state index is 12.6. The van der Waals surface area contributed by atoms with E-state index in [4.69, 9.17) is 0 Å². The van der Waals surface area contributed by atoms with Crippen LogP contribution in [0.3, 0.4) is 0 Å². The second-order valence-corrected chi connectivity index (χ2v) is 3.11. The third-order valence-corrected chi connectivity index (χ3v) is 2.11. The molecule has 0 saturated heterocycles. The van der Waals surface area contributed by atoms with Gasteiger partial charge in [-0.3, -0.25) is 4.79 Å². The molecule has 0 saturated carbocycles. The standard InChI is InChI=1S/C12H8FNO/c13-12-6-5-11(7-14-12)10-3-1-9(8-15)2-4-10/h1-8H. The molecule has 74 valence electrons. The number of halogens is 1. The van der Waals surface area contributed by atoms with Crippen molar-refractivity contribution in [1.29, 1.82) is 0 Å². The summed E-state index contributed by atoms with van der Waals surface area (Å²) in [5, 5.41) is 0. The first-order chi connectivity index (χ1) is 7.29. The lowest BCUT2D eigenvalue weighted by atomic mass is 10.1. The summed E-state index contributed by atoms with van der Waals surface area (Å²) in [4.78, 5) is 14.0. The minimum absolute atomic E-state index is 0.497. The molecule has 0 bridgehead atoms. The van der Waals surface area contributed by atoms with Crippen LogP contribution in [0.1, 0.15) is 10.4 Å². The number of nitrogens with zero attached hydrogens (tertiary/aromatic N) is 1. The Morgan fingerprint density at radius 1 is 1.00 bits per heavy atom. The van der Waals surface area contributed by atoms with Gasteiger partial charge in [-0.05, 0) is 17.7 Å². The lowest BCUT2D eigenvalue weighted by molar-refractivity contribution is 0.112. The summed E-state index contributed by atoms with van der Waals surface area (Å²) < 4.78 is 12.6. The Balaban J connectivity index is 2.37. The van der Waals surface area contributed by atoms with Gasteiger partial charge in [-0.15, -0.1) is 0 Å². The largest absolute Gasteiger partial charge is 0.298 e. The Morgan fingerprint density at radius 3 is 2.20 bits per heavy atom. The molecule has 3 heteroatoms. The lowest BCUT2D eigenvalue weighted by Gasteiger charge is -2.00. The van der Waals surface area contributed by atoms with E-state index in [9.17, 15) is 9.18 Å². The molecule has 1 heterocycles. The highest BCUT2D eigenvalue weighted by atomic mass is 19.1. The van der Waals surface area contributed by atoms with Gasteiger partial charge in [-0.1, -0.05) is 24.3 Å². The SMILES string of the molecule is O=Cc1ccc(-c2ccc(F)nc2)cc1. The number of pyridine rings is 1. The lowest BCUT2D eigenvalue weighted by Crippen LogP contribution is -1.84. The van der Waals surface area contributed by atoms with Crippen LogP contribution in [-0.2, 0) is 0 Å². The highest BCUT2D eigenvalue weighted by Gasteiger charge is 1.98. The molecule has 0 N–H and O–H groups in total. The van der Waals surface area contributed by atoms with Crippen LogP contribution in [0.25, 0.3) is 11.1 Å². The third-order valence-electron chi connectivity index (χ3n) is 2.11. The monoisotopic (exact) mass is 201 g/mol. The molecule has 0 unspecified atom stereocenters. The fourth-order valence-electron chi connectivity index (χ4n) is 1.30. The molecule has 0 aliphatic rings. The van der Waals surface area contributed by atoms with Crippen molar-refractivity contribution in [2.24, 2.45) is 0 Å². The number of hydrogen-bond acceptors (Lipinski definition) is 2. The highest BCUT2D eigenvalue weighted by Crippen LogP contribution is 2.18. The zero-order valence-electron chi connectivity index (χ0n) is 7.85. The summed E-state index contributed by atoms with van der Waals surface area (Å²) in [5.41, 5.74) is 2.36. The summed E-state index contributed by atoms with van der Waals surface area (Å²) >= 11 is 0. The average molecular weight is 201 g/mol. The van der Waals surface area contributed by atoms with Crippen molar-refractivity contribution in [2.45, 2.75) is 0 Å². The molecule has 15 heavy (non-hydrogen) atoms. The average Bonchev–Trinajstić information content (AvgIpc) is 2.30. The van der Waals surface area contributed by atoms with Gasteiger partial charge in [0.05, 0.1) is 0 Å². The Hall–Kier alpha value is -2.03. The molecule has 0 atom stereocenters. The van der Waals surface area contributed by atoms with E-state index in [1.54, 1.807) is 30.3 Å². The summed E-state index contributed by atoms with van der Waals surface area (Å²) in [6, 6.07) is 10.00. The van der Waals surface area contributed by atoms with Crippen molar-refractivity contribution in [1.82, 2.24) is 4.98 Å². The van der Waals surface area contributed by atoms with Crippen molar-refractivity contribution in [3.05, 3.63) is 54.1 Å². The molecule has 2 aromatic rings. The number of benzene rings is 1. The van der Waals surface area contributed by atoms with E-state index in [-0.39, 0.29) is 0 Å². The van der Waals surface area contributed by atoms with Crippen LogP contribution in [0, 0.1) is 5.95 Å². The quantitative estimate of drug-likeness (QED) is 0.552. The Kier molecular flexibility index (Phi) is 2.54. The van der Waals surface area contributed by atoms with Crippen molar-refractivity contribution in [3.8, 4) is 11.1 Å². The first kappa shape index (κ1) is 9.52. The zero-order valence-corrected chi connectivity index (χ0v) is 7.85. The summed E-state index contributed by atoms with van der Waals surface area (Å²) in [6.07, 6.45) is 2.25. The first-order valence-electron chi connectivity index (χ1n) is 4.47. The highest BCUT2D eigenvalue weighted by molar-refractivity contribution is 5.76. The molecule has 0 aliphatic heterocycles. The number of aromatic nitrogens is 1. The van der Waals surface area contributed by atoms with E-state index >= 15 is 0 Å². The van der Waals surface area contributed by atoms with Gasteiger partial charge < -0.3 is 0 Å². The van der Waals surface area contributed by atoms with Gasteiger partial charge in [0.25, 0.3) is 0 Å². The smallest absolute Gasteiger partial charge is 0.212 e. The Morgan fingerprint density at radius 2 is 1.67 bits per heavy atom. The predicted molar refractivity (Wildman–Crippen MR) is 55.0 cm³/mol. The van der Waals surface area contributed by atoms with Gasteiger partial charge in [-0.2, -0.15) is 4.39 Å². The fourth-order valence-corrected chi connectivity index (χ4v) is 1.30. The Bertz CT molecular complexity index is 462. The number of carbonyl (C=O) groups excluding carboxylic acids is 1. The second kappa shape index (κ2) is 4.00. The van der Waals surface area contributed by atoms with Gasteiger partial charge in [0.1, 0.15) is 6.29 Å². The van der Waals surface area contributed by atoms with Crippen molar-refractivity contribution < 1.29 is 9.18 Å². The van der Waals surface area contributed by atoms with Crippen LogP contribution in [-0.4, -0.2) is 11.3 Å². The van der Waals surface area contributed by atoms with Gasteiger partial charge in [-0.25, -0.2) is 4.98 Å². The molecular formula is C12H8FNO. The topological polar surface area (TPSA) is 30.0 Å². The minimum Gasteiger partial charge on any atom is -0.298 e. The predicted octanol–water partition coefficient (Wildman–Crippen LogP) is 2.70. The molecule has 0 fully saturated rings. The fraction of sp³-hybridized carbons (Fsp3) is 0. The molecule has 1 aromatic carbocycles. The van der Waals surface area contributed by atoms with E-state index in [1.807, 2.05) is 0 Å². The van der Waals surface area contributed by atoms with Crippen LogP contribution < -0.4 is 0 Å². The zero-order chi connectivity index (χ0) is 10.7. The van der Waals surface area contributed by atoms with E-state index in [0.29, 0.717) is 5.56 Å². The van der Waals surface area contributed by atoms with Crippen molar-refractivity contribution in [3.63, 3.8) is 0 Å². The van der Waals surface area contributed by atoms with Crippen LogP contribution in [0.4, 0.5) is 4.39 Å².